The minimum atomic E-state index is -0.646. The Kier molecular flexibility index (Phi) is 8.84. The van der Waals surface area contributed by atoms with Crippen molar-refractivity contribution < 1.29 is 23.9 Å². The molecule has 0 bridgehead atoms. The predicted octanol–water partition coefficient (Wildman–Crippen LogP) is 7.85. The maximum absolute atomic E-state index is 13.7. The third-order valence-corrected chi connectivity index (χ3v) is 7.48. The summed E-state index contributed by atoms with van der Waals surface area (Å²) in [5.41, 5.74) is 3.97. The third-order valence-electron chi connectivity index (χ3n) is 7.48. The van der Waals surface area contributed by atoms with Crippen molar-refractivity contribution in [3.63, 3.8) is 0 Å². The van der Waals surface area contributed by atoms with Crippen LogP contribution in [-0.2, 0) is 22.6 Å². The van der Waals surface area contributed by atoms with Crippen LogP contribution in [0.1, 0.15) is 87.3 Å². The first-order chi connectivity index (χ1) is 21.6. The van der Waals surface area contributed by atoms with Crippen LogP contribution in [0.25, 0.3) is 10.8 Å². The van der Waals surface area contributed by atoms with Gasteiger partial charge in [0, 0.05) is 35.1 Å². The SMILES string of the molecule is Cc1cccc(NC(=O)c2nn(Cc3cccc4cc(NC(=O)OC(C)(C)C)ccc34)c3c2CN(C(=O)OC(C)(C)C)CC3C)c1. The summed E-state index contributed by atoms with van der Waals surface area (Å²) in [5.74, 6) is -0.446. The van der Waals surface area contributed by atoms with Crippen LogP contribution in [-0.4, -0.2) is 50.5 Å². The summed E-state index contributed by atoms with van der Waals surface area (Å²) < 4.78 is 13.0. The highest BCUT2D eigenvalue weighted by Crippen LogP contribution is 2.33. The van der Waals surface area contributed by atoms with Crippen molar-refractivity contribution in [2.75, 3.05) is 17.2 Å². The summed E-state index contributed by atoms with van der Waals surface area (Å²) in [6.45, 7) is 16.0. The van der Waals surface area contributed by atoms with Crippen molar-refractivity contribution in [1.29, 1.82) is 0 Å². The van der Waals surface area contributed by atoms with Crippen LogP contribution in [0.2, 0.25) is 0 Å². The van der Waals surface area contributed by atoms with Crippen LogP contribution in [0.5, 0.6) is 0 Å². The molecule has 2 heterocycles. The van der Waals surface area contributed by atoms with Crippen LogP contribution in [0.3, 0.4) is 0 Å². The first-order valence-electron chi connectivity index (χ1n) is 15.5. The molecule has 10 nitrogen and oxygen atoms in total. The Hall–Kier alpha value is -4.86. The van der Waals surface area contributed by atoms with E-state index in [1.165, 1.54) is 0 Å². The third kappa shape index (κ3) is 7.67. The van der Waals surface area contributed by atoms with Gasteiger partial charge >= 0.3 is 12.2 Å². The van der Waals surface area contributed by atoms with Gasteiger partial charge in [0.1, 0.15) is 11.2 Å². The van der Waals surface area contributed by atoms with Crippen LogP contribution in [0.15, 0.2) is 60.7 Å². The summed E-state index contributed by atoms with van der Waals surface area (Å²) in [4.78, 5) is 40.9. The molecule has 0 aliphatic carbocycles. The topological polar surface area (TPSA) is 115 Å². The summed E-state index contributed by atoms with van der Waals surface area (Å²) in [5, 5.41) is 12.6. The molecule has 3 aromatic carbocycles. The fourth-order valence-corrected chi connectivity index (χ4v) is 5.72. The number of fused-ring (bicyclic) bond motifs is 2. The normalized spacial score (nSPS) is 14.9. The van der Waals surface area contributed by atoms with Gasteiger partial charge in [-0.2, -0.15) is 5.10 Å². The number of carbonyl (C=O) groups is 3. The largest absolute Gasteiger partial charge is 0.444 e. The van der Waals surface area contributed by atoms with Gasteiger partial charge in [-0.15, -0.1) is 0 Å². The molecular weight excluding hydrogens is 582 g/mol. The summed E-state index contributed by atoms with van der Waals surface area (Å²) in [7, 11) is 0. The summed E-state index contributed by atoms with van der Waals surface area (Å²) in [6, 6.07) is 19.3. The van der Waals surface area contributed by atoms with Gasteiger partial charge < -0.3 is 19.7 Å². The molecule has 1 aromatic heterocycles. The lowest BCUT2D eigenvalue weighted by molar-refractivity contribution is 0.0205. The lowest BCUT2D eigenvalue weighted by atomic mass is 9.95. The van der Waals surface area contributed by atoms with E-state index >= 15 is 0 Å². The van der Waals surface area contributed by atoms with Crippen molar-refractivity contribution >= 4 is 40.2 Å². The average molecular weight is 626 g/mol. The number of aryl methyl sites for hydroxylation is 1. The first kappa shape index (κ1) is 32.5. The van der Waals surface area contributed by atoms with E-state index in [2.05, 4.69) is 10.6 Å². The highest BCUT2D eigenvalue weighted by atomic mass is 16.6. The number of carbonyl (C=O) groups excluding carboxylic acids is 3. The number of benzene rings is 3. The Balaban J connectivity index is 1.49. The maximum atomic E-state index is 13.7. The van der Waals surface area contributed by atoms with Crippen molar-refractivity contribution in [2.24, 2.45) is 0 Å². The quantitative estimate of drug-likeness (QED) is 0.233. The molecule has 1 aliphatic heterocycles. The van der Waals surface area contributed by atoms with E-state index in [1.54, 1.807) is 4.90 Å². The van der Waals surface area contributed by atoms with Crippen LogP contribution >= 0.6 is 0 Å². The molecular formula is C36H43N5O5. The lowest BCUT2D eigenvalue weighted by Crippen LogP contribution is -2.41. The number of nitrogens with zero attached hydrogens (tertiary/aromatic N) is 3. The number of hydrogen-bond acceptors (Lipinski definition) is 6. The van der Waals surface area contributed by atoms with Gasteiger partial charge in [-0.3, -0.25) is 14.8 Å². The standard InChI is InChI=1S/C36H43N5O5/c1-22-11-9-14-26(17-22)37-32(42)30-29-21-40(34(44)46-36(6,7)8)19-23(2)31(29)41(39-30)20-25-13-10-12-24-18-27(15-16-28(24)25)38-33(43)45-35(3,4)5/h9-18,23H,19-21H2,1-8H3,(H,37,42)(H,38,43). The van der Waals surface area contributed by atoms with Gasteiger partial charge in [-0.1, -0.05) is 43.3 Å². The molecule has 0 radical (unpaired) electrons. The molecule has 1 atom stereocenters. The van der Waals surface area contributed by atoms with E-state index in [1.807, 2.05) is 121 Å². The maximum Gasteiger partial charge on any atom is 0.412 e. The number of aromatic nitrogens is 2. The second-order valence-electron chi connectivity index (χ2n) is 13.9. The fourth-order valence-electron chi connectivity index (χ4n) is 5.72. The van der Waals surface area contributed by atoms with Crippen LogP contribution in [0.4, 0.5) is 21.0 Å². The molecule has 4 aromatic rings. The van der Waals surface area contributed by atoms with Gasteiger partial charge in [0.2, 0.25) is 0 Å². The molecule has 0 spiro atoms. The van der Waals surface area contributed by atoms with E-state index in [4.69, 9.17) is 14.6 Å². The number of nitrogens with one attached hydrogen (secondary N) is 2. The summed E-state index contributed by atoms with van der Waals surface area (Å²) in [6.07, 6.45) is -0.940. The zero-order chi connectivity index (χ0) is 33.4. The Morgan fingerprint density at radius 2 is 1.59 bits per heavy atom. The van der Waals surface area contributed by atoms with E-state index in [9.17, 15) is 14.4 Å². The molecule has 0 fully saturated rings. The minimum Gasteiger partial charge on any atom is -0.444 e. The van der Waals surface area contributed by atoms with Gasteiger partial charge in [-0.05, 0) is 94.6 Å². The number of ether oxygens (including phenoxy) is 2. The molecule has 46 heavy (non-hydrogen) atoms. The van der Waals surface area contributed by atoms with Gasteiger partial charge in [0.15, 0.2) is 5.69 Å². The van der Waals surface area contributed by atoms with E-state index < -0.39 is 23.4 Å². The number of rotatable bonds is 5. The van der Waals surface area contributed by atoms with Crippen molar-refractivity contribution in [1.82, 2.24) is 14.7 Å². The second kappa shape index (κ2) is 12.5. The Morgan fingerprint density at radius 1 is 0.891 bits per heavy atom. The van der Waals surface area contributed by atoms with E-state index in [-0.39, 0.29) is 24.1 Å². The molecule has 242 valence electrons. The Labute approximate surface area is 270 Å². The number of amides is 3. The minimum absolute atomic E-state index is 0.108. The smallest absolute Gasteiger partial charge is 0.412 e. The molecule has 0 saturated carbocycles. The zero-order valence-corrected chi connectivity index (χ0v) is 27.9. The van der Waals surface area contributed by atoms with E-state index in [0.717, 1.165) is 27.6 Å². The second-order valence-corrected chi connectivity index (χ2v) is 13.9. The van der Waals surface area contributed by atoms with Crippen molar-refractivity contribution in [2.45, 2.75) is 85.6 Å². The molecule has 2 N–H and O–H groups in total. The van der Waals surface area contributed by atoms with Gasteiger partial charge in [0.05, 0.1) is 13.1 Å². The summed E-state index contributed by atoms with van der Waals surface area (Å²) >= 11 is 0. The molecule has 0 saturated heterocycles. The predicted molar refractivity (Wildman–Crippen MR) is 179 cm³/mol. The number of hydrogen-bond donors (Lipinski definition) is 2. The molecule has 3 amide bonds. The highest BCUT2D eigenvalue weighted by molar-refractivity contribution is 6.04. The number of anilines is 2. The molecule has 1 aliphatic rings. The average Bonchev–Trinajstić information content (AvgIpc) is 3.30. The van der Waals surface area contributed by atoms with Gasteiger partial charge in [0.25, 0.3) is 5.91 Å². The van der Waals surface area contributed by atoms with Crippen molar-refractivity contribution in [3.05, 3.63) is 88.7 Å². The monoisotopic (exact) mass is 625 g/mol. The Morgan fingerprint density at radius 3 is 2.28 bits per heavy atom. The Bertz CT molecular complexity index is 1800. The van der Waals surface area contributed by atoms with Gasteiger partial charge in [-0.25, -0.2) is 9.59 Å². The lowest BCUT2D eigenvalue weighted by Gasteiger charge is -2.33. The van der Waals surface area contributed by atoms with Crippen molar-refractivity contribution in [3.8, 4) is 0 Å². The molecule has 10 heteroatoms. The molecule has 5 rings (SSSR count). The van der Waals surface area contributed by atoms with Crippen LogP contribution < -0.4 is 10.6 Å². The van der Waals surface area contributed by atoms with Crippen LogP contribution in [0, 0.1) is 6.92 Å². The fraction of sp³-hybridized carbons (Fsp3) is 0.389. The zero-order valence-electron chi connectivity index (χ0n) is 27.9. The van der Waals surface area contributed by atoms with E-state index in [0.29, 0.717) is 30.0 Å². The highest BCUT2D eigenvalue weighted by Gasteiger charge is 2.36. The molecule has 1 unspecified atom stereocenters. The first-order valence-corrected chi connectivity index (χ1v) is 15.5.